The summed E-state index contributed by atoms with van der Waals surface area (Å²) < 4.78 is 18.3. The number of ether oxygens (including phenoxy) is 3. The quantitative estimate of drug-likeness (QED) is 0.346. The average Bonchev–Trinajstić information content (AvgIpc) is 3.20. The molecular weight excluding hydrogens is 392 g/mol. The molecule has 3 nitrogen and oxygen atoms in total. The maximum Gasteiger partial charge on any atom is 0.199 e. The van der Waals surface area contributed by atoms with Gasteiger partial charge in [0.05, 0.1) is 13.7 Å². The number of methoxy groups -OCH3 is 1. The average molecular weight is 417 g/mol. The summed E-state index contributed by atoms with van der Waals surface area (Å²) in [7, 11) is 1.70. The van der Waals surface area contributed by atoms with Crippen LogP contribution in [-0.4, -0.2) is 20.0 Å². The van der Waals surface area contributed by atoms with E-state index in [2.05, 4.69) is 60.7 Å². The second kappa shape index (κ2) is 8.50. The molecule has 1 atom stereocenters. The normalized spacial score (nSPS) is 16.5. The van der Waals surface area contributed by atoms with Crippen molar-refractivity contribution in [2.24, 2.45) is 0 Å². The Morgan fingerprint density at radius 2 is 1.57 bits per heavy atom. The Morgan fingerprint density at radius 1 is 0.833 bits per heavy atom. The summed E-state index contributed by atoms with van der Waals surface area (Å²) in [6, 6.07) is 25.3. The van der Waals surface area contributed by atoms with Crippen LogP contribution >= 0.6 is 11.3 Å². The fraction of sp³-hybridized carbons (Fsp3) is 0.231. The van der Waals surface area contributed by atoms with Crippen LogP contribution in [0.25, 0.3) is 31.7 Å². The van der Waals surface area contributed by atoms with Gasteiger partial charge in [-0.1, -0.05) is 30.3 Å². The second-order valence-electron chi connectivity index (χ2n) is 7.47. The first-order chi connectivity index (χ1) is 14.8. The van der Waals surface area contributed by atoms with Crippen LogP contribution in [0.5, 0.6) is 11.5 Å². The maximum atomic E-state index is 6.02. The molecule has 1 aromatic heterocycles. The van der Waals surface area contributed by atoms with Gasteiger partial charge >= 0.3 is 0 Å². The third-order valence-corrected chi connectivity index (χ3v) is 6.72. The molecule has 3 aromatic carbocycles. The molecule has 30 heavy (non-hydrogen) atoms. The van der Waals surface area contributed by atoms with Crippen LogP contribution in [0.4, 0.5) is 0 Å². The third-order valence-electron chi connectivity index (χ3n) is 5.50. The fourth-order valence-electron chi connectivity index (χ4n) is 3.93. The molecule has 1 unspecified atom stereocenters. The summed E-state index contributed by atoms with van der Waals surface area (Å²) in [5.41, 5.74) is 3.65. The van der Waals surface area contributed by atoms with Gasteiger partial charge in [0.2, 0.25) is 0 Å². The molecule has 0 N–H and O–H groups in total. The lowest BCUT2D eigenvalue weighted by molar-refractivity contribution is -0.105. The molecule has 1 aliphatic rings. The van der Waals surface area contributed by atoms with Crippen molar-refractivity contribution in [2.45, 2.75) is 25.6 Å². The van der Waals surface area contributed by atoms with Crippen LogP contribution in [0.1, 0.15) is 19.3 Å². The minimum absolute atomic E-state index is 0.124. The molecule has 0 bridgehead atoms. The molecule has 0 saturated carbocycles. The lowest BCUT2D eigenvalue weighted by Gasteiger charge is -2.23. The molecule has 4 aromatic rings. The summed E-state index contributed by atoms with van der Waals surface area (Å²) in [5, 5.41) is 1.28. The minimum atomic E-state index is -0.124. The zero-order valence-corrected chi connectivity index (χ0v) is 17.8. The van der Waals surface area contributed by atoms with E-state index in [0.717, 1.165) is 37.4 Å². The van der Waals surface area contributed by atoms with Crippen molar-refractivity contribution in [1.29, 1.82) is 0 Å². The van der Waals surface area contributed by atoms with E-state index in [1.165, 1.54) is 31.7 Å². The van der Waals surface area contributed by atoms with Gasteiger partial charge in [0, 0.05) is 26.9 Å². The highest BCUT2D eigenvalue weighted by Gasteiger charge is 2.17. The van der Waals surface area contributed by atoms with Gasteiger partial charge in [0.1, 0.15) is 11.5 Å². The highest BCUT2D eigenvalue weighted by molar-refractivity contribution is 7.23. The van der Waals surface area contributed by atoms with E-state index in [1.807, 2.05) is 23.5 Å². The molecule has 1 fully saturated rings. The summed E-state index contributed by atoms with van der Waals surface area (Å²) in [5.74, 6) is 1.73. The first kappa shape index (κ1) is 19.2. The number of fused-ring (bicyclic) bond motifs is 1. The molecule has 0 spiro atoms. The summed E-state index contributed by atoms with van der Waals surface area (Å²) >= 11 is 1.83. The van der Waals surface area contributed by atoms with Gasteiger partial charge in [-0.15, -0.1) is 11.3 Å². The fourth-order valence-corrected chi connectivity index (χ4v) is 5.16. The molecule has 0 amide bonds. The van der Waals surface area contributed by atoms with Gasteiger partial charge < -0.3 is 14.2 Å². The number of hydrogen-bond donors (Lipinski definition) is 0. The first-order valence-electron chi connectivity index (χ1n) is 10.4. The molecule has 0 aliphatic carbocycles. The largest absolute Gasteiger partial charge is 0.497 e. The lowest BCUT2D eigenvalue weighted by Crippen LogP contribution is -2.24. The zero-order chi connectivity index (χ0) is 20.3. The van der Waals surface area contributed by atoms with Gasteiger partial charge in [-0.25, -0.2) is 0 Å². The summed E-state index contributed by atoms with van der Waals surface area (Å²) in [4.78, 5) is 1.27. The van der Waals surface area contributed by atoms with E-state index in [-0.39, 0.29) is 6.29 Å². The van der Waals surface area contributed by atoms with Crippen LogP contribution in [0.15, 0.2) is 72.8 Å². The van der Waals surface area contributed by atoms with E-state index in [9.17, 15) is 0 Å². The third kappa shape index (κ3) is 3.81. The van der Waals surface area contributed by atoms with E-state index < -0.39 is 0 Å². The Kier molecular flexibility index (Phi) is 5.43. The Morgan fingerprint density at radius 3 is 2.30 bits per heavy atom. The summed E-state index contributed by atoms with van der Waals surface area (Å²) in [6.45, 7) is 0.787. The first-order valence-corrected chi connectivity index (χ1v) is 11.2. The molecule has 1 aliphatic heterocycles. The standard InChI is InChI=1S/C26H24O3S/c1-27-20-13-11-19(12-14-20)26-25(22-6-2-3-7-23(22)30-26)18-9-15-21(16-10-18)29-24-8-4-5-17-28-24/h2-3,6-7,9-16,24H,4-5,8,17H2,1H3. The maximum absolute atomic E-state index is 6.02. The van der Waals surface area contributed by atoms with Crippen LogP contribution in [0.2, 0.25) is 0 Å². The predicted molar refractivity (Wildman–Crippen MR) is 123 cm³/mol. The number of hydrogen-bond acceptors (Lipinski definition) is 4. The van der Waals surface area contributed by atoms with E-state index in [4.69, 9.17) is 14.2 Å². The van der Waals surface area contributed by atoms with Crippen molar-refractivity contribution in [3.8, 4) is 33.1 Å². The molecule has 152 valence electrons. The van der Waals surface area contributed by atoms with E-state index in [0.29, 0.717) is 0 Å². The molecule has 5 rings (SSSR count). The molecule has 2 heterocycles. The Labute approximate surface area is 180 Å². The van der Waals surface area contributed by atoms with Crippen molar-refractivity contribution in [2.75, 3.05) is 13.7 Å². The minimum Gasteiger partial charge on any atom is -0.497 e. The monoisotopic (exact) mass is 416 g/mol. The molecule has 4 heteroatoms. The van der Waals surface area contributed by atoms with Crippen LogP contribution < -0.4 is 9.47 Å². The highest BCUT2D eigenvalue weighted by Crippen LogP contribution is 2.45. The summed E-state index contributed by atoms with van der Waals surface area (Å²) in [6.07, 6.45) is 3.12. The Bertz CT molecular complexity index is 1120. The van der Waals surface area contributed by atoms with Crippen molar-refractivity contribution >= 4 is 21.4 Å². The van der Waals surface area contributed by atoms with Gasteiger partial charge in [0.15, 0.2) is 6.29 Å². The molecule has 0 radical (unpaired) electrons. The molecule has 1 saturated heterocycles. The van der Waals surface area contributed by atoms with Gasteiger partial charge in [-0.2, -0.15) is 0 Å². The Hall–Kier alpha value is -2.82. The van der Waals surface area contributed by atoms with Gasteiger partial charge in [-0.3, -0.25) is 0 Å². The number of thiophene rings is 1. The topological polar surface area (TPSA) is 27.7 Å². The Balaban J connectivity index is 1.52. The predicted octanol–water partition coefficient (Wildman–Crippen LogP) is 7.15. The van der Waals surface area contributed by atoms with Crippen molar-refractivity contribution in [3.63, 3.8) is 0 Å². The SMILES string of the molecule is COc1ccc(-c2sc3ccccc3c2-c2ccc(OC3CCCCO3)cc2)cc1. The van der Waals surface area contributed by atoms with Crippen molar-refractivity contribution in [3.05, 3.63) is 72.8 Å². The van der Waals surface area contributed by atoms with Crippen molar-refractivity contribution < 1.29 is 14.2 Å². The van der Waals surface area contributed by atoms with Gasteiger partial charge in [0.25, 0.3) is 0 Å². The lowest BCUT2D eigenvalue weighted by atomic mass is 9.99. The molecular formula is C26H24O3S. The van der Waals surface area contributed by atoms with Gasteiger partial charge in [-0.05, 0) is 66.4 Å². The van der Waals surface area contributed by atoms with E-state index in [1.54, 1.807) is 7.11 Å². The van der Waals surface area contributed by atoms with Crippen LogP contribution in [0.3, 0.4) is 0 Å². The number of rotatable bonds is 5. The second-order valence-corrected chi connectivity index (χ2v) is 8.52. The smallest absolute Gasteiger partial charge is 0.199 e. The van der Waals surface area contributed by atoms with Crippen molar-refractivity contribution in [1.82, 2.24) is 0 Å². The highest BCUT2D eigenvalue weighted by atomic mass is 32.1. The van der Waals surface area contributed by atoms with E-state index >= 15 is 0 Å². The van der Waals surface area contributed by atoms with Crippen LogP contribution in [0, 0.1) is 0 Å². The van der Waals surface area contributed by atoms with Crippen LogP contribution in [-0.2, 0) is 4.74 Å². The number of benzene rings is 3. The zero-order valence-electron chi connectivity index (χ0n) is 17.0.